The van der Waals surface area contributed by atoms with Gasteiger partial charge >= 0.3 is 0 Å². The lowest BCUT2D eigenvalue weighted by atomic mass is 10.1. The number of hydrogen-bond acceptors (Lipinski definition) is 4. The molecule has 0 saturated heterocycles. The number of nitrogens with zero attached hydrogens (tertiary/aromatic N) is 1. The number of aromatic amines is 1. The number of benzene rings is 2. The summed E-state index contributed by atoms with van der Waals surface area (Å²) in [6.45, 7) is 0. The molecule has 0 spiro atoms. The van der Waals surface area contributed by atoms with Crippen LogP contribution in [0.15, 0.2) is 41.2 Å². The van der Waals surface area contributed by atoms with E-state index < -0.39 is 0 Å². The molecule has 3 aromatic rings. The van der Waals surface area contributed by atoms with Gasteiger partial charge in [-0.2, -0.15) is 0 Å². The third-order valence-electron chi connectivity index (χ3n) is 5.15. The van der Waals surface area contributed by atoms with Crippen LogP contribution in [0.2, 0.25) is 5.02 Å². The van der Waals surface area contributed by atoms with Gasteiger partial charge in [0.05, 0.1) is 22.0 Å². The molecule has 6 nitrogen and oxygen atoms in total. The van der Waals surface area contributed by atoms with Gasteiger partial charge in [-0.1, -0.05) is 11.6 Å². The second kappa shape index (κ2) is 8.00. The van der Waals surface area contributed by atoms with Crippen LogP contribution in [0.25, 0.3) is 10.9 Å². The lowest BCUT2D eigenvalue weighted by molar-refractivity contribution is 0.102. The summed E-state index contributed by atoms with van der Waals surface area (Å²) in [5.41, 5.74) is 1.28. The summed E-state index contributed by atoms with van der Waals surface area (Å²) in [5.74, 6) is 0.318. The van der Waals surface area contributed by atoms with Crippen molar-refractivity contribution in [3.05, 3.63) is 62.1 Å². The van der Waals surface area contributed by atoms with Crippen molar-refractivity contribution >= 4 is 46.3 Å². The molecule has 0 atom stereocenters. The van der Waals surface area contributed by atoms with Crippen LogP contribution in [0.5, 0.6) is 5.75 Å². The van der Waals surface area contributed by atoms with Crippen molar-refractivity contribution in [2.45, 2.75) is 31.8 Å². The minimum atomic E-state index is -0.313. The van der Waals surface area contributed by atoms with E-state index in [9.17, 15) is 9.59 Å². The minimum absolute atomic E-state index is 0.208. The van der Waals surface area contributed by atoms with E-state index in [-0.39, 0.29) is 17.6 Å². The van der Waals surface area contributed by atoms with Crippen LogP contribution in [0.3, 0.4) is 0 Å². The van der Waals surface area contributed by atoms with E-state index >= 15 is 0 Å². The average Bonchev–Trinajstić information content (AvgIpc) is 3.21. The largest absolute Gasteiger partial charge is 0.489 e. The Morgan fingerprint density at radius 3 is 2.72 bits per heavy atom. The van der Waals surface area contributed by atoms with Gasteiger partial charge in [-0.05, 0) is 74.3 Å². The molecular weight excluding hydrogens is 410 g/mol. The maximum absolute atomic E-state index is 12.7. The van der Waals surface area contributed by atoms with Gasteiger partial charge in [0, 0.05) is 18.3 Å². The lowest BCUT2D eigenvalue weighted by Gasteiger charge is -2.15. The van der Waals surface area contributed by atoms with Crippen LogP contribution < -0.4 is 15.6 Å². The number of nitrogens with one attached hydrogen (secondary N) is 2. The molecule has 0 radical (unpaired) electrons. The van der Waals surface area contributed by atoms with Gasteiger partial charge in [0.15, 0.2) is 4.77 Å². The Kier molecular flexibility index (Phi) is 5.43. The number of halogens is 1. The van der Waals surface area contributed by atoms with Gasteiger partial charge in [0.1, 0.15) is 5.75 Å². The number of anilines is 1. The Bertz CT molecular complexity index is 1210. The smallest absolute Gasteiger partial charge is 0.261 e. The van der Waals surface area contributed by atoms with Gasteiger partial charge in [-0.3, -0.25) is 14.2 Å². The molecule has 1 aromatic heterocycles. The number of ether oxygens (including phenoxy) is 1. The molecule has 2 N–H and O–H groups in total. The summed E-state index contributed by atoms with van der Waals surface area (Å²) in [6, 6.07) is 10.0. The van der Waals surface area contributed by atoms with Crippen molar-refractivity contribution in [1.82, 2.24) is 9.55 Å². The quantitative estimate of drug-likeness (QED) is 0.583. The topological polar surface area (TPSA) is 76.1 Å². The summed E-state index contributed by atoms with van der Waals surface area (Å²) in [4.78, 5) is 27.9. The fraction of sp³-hybridized carbons (Fsp3) is 0.286. The first-order valence-corrected chi connectivity index (χ1v) is 10.2. The molecule has 1 amide bonds. The predicted molar refractivity (Wildman–Crippen MR) is 117 cm³/mol. The van der Waals surface area contributed by atoms with E-state index in [1.807, 2.05) is 0 Å². The summed E-state index contributed by atoms with van der Waals surface area (Å²) in [7, 11) is 1.60. The number of rotatable bonds is 4. The van der Waals surface area contributed by atoms with Crippen LogP contribution in [-0.4, -0.2) is 21.6 Å². The van der Waals surface area contributed by atoms with Crippen molar-refractivity contribution in [2.24, 2.45) is 7.05 Å². The SMILES string of the molecule is Cn1c(=S)[nH]c2cc(C(=O)Nc3ccc(OC4CCCC4)c(Cl)c3)ccc2c1=O. The normalized spacial score (nSPS) is 14.3. The first-order chi connectivity index (χ1) is 13.9. The highest BCUT2D eigenvalue weighted by Crippen LogP contribution is 2.32. The molecule has 8 heteroatoms. The number of hydrogen-bond donors (Lipinski definition) is 2. The Labute approximate surface area is 177 Å². The molecule has 0 bridgehead atoms. The number of carbonyl (C=O) groups is 1. The number of H-pyrrole nitrogens is 1. The van der Waals surface area contributed by atoms with E-state index in [1.165, 1.54) is 17.4 Å². The zero-order valence-corrected chi connectivity index (χ0v) is 17.4. The molecule has 150 valence electrons. The molecule has 1 fully saturated rings. The van der Waals surface area contributed by atoms with E-state index in [4.69, 9.17) is 28.6 Å². The van der Waals surface area contributed by atoms with E-state index in [0.717, 1.165) is 12.8 Å². The fourth-order valence-corrected chi connectivity index (χ4v) is 3.93. The number of fused-ring (bicyclic) bond motifs is 1. The highest BCUT2D eigenvalue weighted by atomic mass is 35.5. The zero-order chi connectivity index (χ0) is 20.5. The van der Waals surface area contributed by atoms with Crippen molar-refractivity contribution < 1.29 is 9.53 Å². The van der Waals surface area contributed by atoms with Crippen LogP contribution in [0, 0.1) is 4.77 Å². The number of amides is 1. The van der Waals surface area contributed by atoms with Crippen LogP contribution in [0.1, 0.15) is 36.0 Å². The van der Waals surface area contributed by atoms with E-state index in [2.05, 4.69) is 10.3 Å². The monoisotopic (exact) mass is 429 g/mol. The maximum atomic E-state index is 12.7. The molecule has 1 heterocycles. The molecule has 1 aliphatic carbocycles. The van der Waals surface area contributed by atoms with Crippen molar-refractivity contribution in [3.8, 4) is 5.75 Å². The molecule has 1 saturated carbocycles. The van der Waals surface area contributed by atoms with Gasteiger partial charge in [0.2, 0.25) is 0 Å². The van der Waals surface area contributed by atoms with Crippen LogP contribution >= 0.6 is 23.8 Å². The van der Waals surface area contributed by atoms with Gasteiger partial charge in [0.25, 0.3) is 11.5 Å². The third kappa shape index (κ3) is 4.06. The predicted octanol–water partition coefficient (Wildman–Crippen LogP) is 4.82. The number of carbonyl (C=O) groups excluding carboxylic acids is 1. The second-order valence-electron chi connectivity index (χ2n) is 7.18. The summed E-state index contributed by atoms with van der Waals surface area (Å²) < 4.78 is 7.59. The highest BCUT2D eigenvalue weighted by molar-refractivity contribution is 7.71. The Morgan fingerprint density at radius 1 is 1.24 bits per heavy atom. The van der Waals surface area contributed by atoms with Gasteiger partial charge in [-0.15, -0.1) is 0 Å². The first-order valence-electron chi connectivity index (χ1n) is 9.43. The molecule has 0 unspecified atom stereocenters. The Balaban J connectivity index is 1.54. The highest BCUT2D eigenvalue weighted by Gasteiger charge is 2.18. The second-order valence-corrected chi connectivity index (χ2v) is 7.97. The summed E-state index contributed by atoms with van der Waals surface area (Å²) >= 11 is 11.5. The van der Waals surface area contributed by atoms with E-state index in [1.54, 1.807) is 43.4 Å². The minimum Gasteiger partial charge on any atom is -0.489 e. The molecule has 2 aromatic carbocycles. The average molecular weight is 430 g/mol. The molecular formula is C21H20ClN3O3S. The number of aromatic nitrogens is 2. The summed E-state index contributed by atoms with van der Waals surface area (Å²) in [6.07, 6.45) is 4.66. The van der Waals surface area contributed by atoms with Crippen molar-refractivity contribution in [1.29, 1.82) is 0 Å². The van der Waals surface area contributed by atoms with Crippen molar-refractivity contribution in [3.63, 3.8) is 0 Å². The van der Waals surface area contributed by atoms with E-state index in [0.29, 0.717) is 37.7 Å². The molecule has 1 aliphatic rings. The Morgan fingerprint density at radius 2 is 2.00 bits per heavy atom. The van der Waals surface area contributed by atoms with Crippen molar-refractivity contribution in [2.75, 3.05) is 5.32 Å². The third-order valence-corrected chi connectivity index (χ3v) is 5.82. The maximum Gasteiger partial charge on any atom is 0.261 e. The molecule has 0 aliphatic heterocycles. The lowest BCUT2D eigenvalue weighted by Crippen LogP contribution is -2.19. The van der Waals surface area contributed by atoms with Gasteiger partial charge < -0.3 is 15.0 Å². The standard InChI is InChI=1S/C21H20ClN3O3S/c1-25-20(27)15-8-6-12(10-17(15)24-21(25)29)19(26)23-13-7-9-18(16(22)11-13)28-14-4-2-3-5-14/h6-11,14H,2-5H2,1H3,(H,23,26)(H,24,29). The fourth-order valence-electron chi connectivity index (χ4n) is 3.51. The summed E-state index contributed by atoms with van der Waals surface area (Å²) in [5, 5.41) is 3.75. The Hall–Kier alpha value is -2.64. The van der Waals surface area contributed by atoms with Crippen LogP contribution in [0.4, 0.5) is 5.69 Å². The first kappa shape index (κ1) is 19.7. The van der Waals surface area contributed by atoms with Crippen LogP contribution in [-0.2, 0) is 7.05 Å². The van der Waals surface area contributed by atoms with Gasteiger partial charge in [-0.25, -0.2) is 0 Å². The molecule has 29 heavy (non-hydrogen) atoms. The molecule has 4 rings (SSSR count). The zero-order valence-electron chi connectivity index (χ0n) is 15.8.